The number of allylic oxidation sites excluding steroid dienone is 1. The van der Waals surface area contributed by atoms with Crippen LogP contribution in [0.15, 0.2) is 23.8 Å². The smallest absolute Gasteiger partial charge is 0.331 e. The topological polar surface area (TPSA) is 66.8 Å². The van der Waals surface area contributed by atoms with Crippen molar-refractivity contribution in [2.24, 2.45) is 5.92 Å². The number of aromatic hydroxyl groups is 1. The number of phenols is 1. The minimum Gasteiger partial charge on any atom is -0.507 e. The Morgan fingerprint density at radius 1 is 0.919 bits per heavy atom. The summed E-state index contributed by atoms with van der Waals surface area (Å²) in [4.78, 5) is 11.4. The number of carboxylic acid groups (broad SMARTS) is 1. The van der Waals surface area contributed by atoms with Crippen molar-refractivity contribution < 1.29 is 19.7 Å². The fourth-order valence-electron chi connectivity index (χ4n) is 4.32. The van der Waals surface area contributed by atoms with E-state index in [4.69, 9.17) is 4.74 Å². The number of hydrogen-bond acceptors (Lipinski definition) is 3. The lowest BCUT2D eigenvalue weighted by molar-refractivity contribution is -0.133. The third-order valence-electron chi connectivity index (χ3n) is 5.66. The van der Waals surface area contributed by atoms with Crippen molar-refractivity contribution in [1.82, 2.24) is 0 Å². The zero-order chi connectivity index (χ0) is 18.2. The second kappa shape index (κ2) is 25.7. The predicted molar refractivity (Wildman–Crippen MR) is 178 cm³/mol. The Morgan fingerprint density at radius 2 is 1.43 bits per heavy atom. The van der Waals surface area contributed by atoms with Crippen molar-refractivity contribution in [3.63, 3.8) is 0 Å². The number of fused-ring (bicyclic) bond motifs is 3. The second-order valence-electron chi connectivity index (χ2n) is 7.86. The van der Waals surface area contributed by atoms with E-state index in [1.165, 1.54) is 6.42 Å². The summed E-state index contributed by atoms with van der Waals surface area (Å²) < 4.78 is 6.28. The summed E-state index contributed by atoms with van der Waals surface area (Å²) >= 11 is 0. The van der Waals surface area contributed by atoms with Gasteiger partial charge < -0.3 is 14.9 Å². The molecule has 0 saturated heterocycles. The number of aryl methyl sites for hydroxylation is 1. The third-order valence-corrected chi connectivity index (χ3v) is 5.66. The maximum Gasteiger partial charge on any atom is 0.331 e. The molecule has 0 unspecified atom stereocenters. The van der Waals surface area contributed by atoms with E-state index in [-0.39, 0.29) is 112 Å². The van der Waals surface area contributed by atoms with Crippen LogP contribution in [0.4, 0.5) is 0 Å². The highest BCUT2D eigenvalue weighted by atomic mass is 16.5. The van der Waals surface area contributed by atoms with E-state index in [2.05, 4.69) is 20.8 Å². The van der Waals surface area contributed by atoms with Gasteiger partial charge in [-0.2, -0.15) is 0 Å². The van der Waals surface area contributed by atoms with E-state index < -0.39 is 5.97 Å². The van der Waals surface area contributed by atoms with E-state index in [0.29, 0.717) is 17.7 Å². The first-order chi connectivity index (χ1) is 11.8. The van der Waals surface area contributed by atoms with Crippen LogP contribution in [-0.4, -0.2) is 21.8 Å². The van der Waals surface area contributed by atoms with Crippen LogP contribution in [0.1, 0.15) is 159 Å². The van der Waals surface area contributed by atoms with Crippen LogP contribution in [0, 0.1) is 5.92 Å². The van der Waals surface area contributed by atoms with Gasteiger partial charge in [0, 0.05) is 23.0 Å². The third kappa shape index (κ3) is 13.4. The van der Waals surface area contributed by atoms with Gasteiger partial charge in [-0.3, -0.25) is 0 Å². The summed E-state index contributed by atoms with van der Waals surface area (Å²) in [6.45, 7) is 6.30. The average molecular weight is 537 g/mol. The number of aliphatic carboxylic acids is 1. The number of carbonyl (C=O) groups is 1. The lowest BCUT2D eigenvalue weighted by atomic mass is 9.67. The average Bonchev–Trinajstić information content (AvgIpc) is 2.53. The van der Waals surface area contributed by atoms with E-state index in [1.54, 1.807) is 0 Å². The zero-order valence-corrected chi connectivity index (χ0v) is 15.3. The normalized spacial score (nSPS) is 16.1. The molecule has 0 spiro atoms. The van der Waals surface area contributed by atoms with E-state index in [1.807, 2.05) is 18.2 Å². The Morgan fingerprint density at radius 3 is 1.89 bits per heavy atom. The van der Waals surface area contributed by atoms with Crippen molar-refractivity contribution in [3.8, 4) is 11.5 Å². The molecule has 1 aliphatic heterocycles. The first-order valence-electron chi connectivity index (χ1n) is 9.32. The molecule has 2 atom stereocenters. The van der Waals surface area contributed by atoms with Gasteiger partial charge in [-0.1, -0.05) is 115 Å². The second-order valence-corrected chi connectivity index (χ2v) is 7.86. The molecule has 0 fully saturated rings. The lowest BCUT2D eigenvalue weighted by Gasteiger charge is -2.46. The quantitative estimate of drug-likeness (QED) is 0.367. The largest absolute Gasteiger partial charge is 0.507 e. The Hall–Kier alpha value is -1.97. The van der Waals surface area contributed by atoms with Crippen molar-refractivity contribution >= 4 is 5.97 Å². The molecular weight excluding hydrogens is 460 g/mol. The Balaban J connectivity index is -0.0000000759. The van der Waals surface area contributed by atoms with Gasteiger partial charge in [0.15, 0.2) is 0 Å². The highest BCUT2D eigenvalue weighted by Crippen LogP contribution is 2.53. The van der Waals surface area contributed by atoms with Crippen molar-refractivity contribution in [2.75, 3.05) is 0 Å². The van der Waals surface area contributed by atoms with Gasteiger partial charge in [-0.05, 0) is 57.2 Å². The van der Waals surface area contributed by atoms with E-state index in [9.17, 15) is 15.0 Å². The van der Waals surface area contributed by atoms with Crippen LogP contribution in [0.3, 0.4) is 0 Å². The van der Waals surface area contributed by atoms with Crippen LogP contribution in [0.2, 0.25) is 0 Å². The van der Waals surface area contributed by atoms with Crippen molar-refractivity contribution in [3.05, 3.63) is 34.9 Å². The Bertz CT molecular complexity index is 705. The number of carboxylic acids is 1. The molecule has 0 amide bonds. The fraction of sp³-hybridized carbons (Fsp3) is 0.727. The van der Waals surface area contributed by atoms with E-state index >= 15 is 0 Å². The van der Waals surface area contributed by atoms with Crippen molar-refractivity contribution in [2.45, 2.75) is 160 Å². The van der Waals surface area contributed by atoms with Crippen LogP contribution in [0.5, 0.6) is 11.5 Å². The summed E-state index contributed by atoms with van der Waals surface area (Å²) in [5.74, 6) is 0.140. The highest BCUT2D eigenvalue weighted by Gasteiger charge is 2.46. The van der Waals surface area contributed by atoms with Crippen LogP contribution in [-0.2, 0) is 11.2 Å². The minimum absolute atomic E-state index is 0. The molecule has 1 aromatic rings. The predicted octanol–water partition coefficient (Wildman–Crippen LogP) is 12.4. The Labute approximate surface area is 238 Å². The van der Waals surface area contributed by atoms with Crippen molar-refractivity contribution in [1.29, 1.82) is 0 Å². The monoisotopic (exact) mass is 537 g/mol. The van der Waals surface area contributed by atoms with Crippen LogP contribution < -0.4 is 4.74 Å². The molecule has 2 aliphatic rings. The van der Waals surface area contributed by atoms with E-state index in [0.717, 1.165) is 36.8 Å². The van der Waals surface area contributed by atoms with Gasteiger partial charge in [-0.25, -0.2) is 4.79 Å². The first kappa shape index (κ1) is 64.8. The number of hydrogen-bond donors (Lipinski definition) is 2. The number of ether oxygens (including phenoxy) is 1. The molecular formula is C33H76O4. The summed E-state index contributed by atoms with van der Waals surface area (Å²) in [6.07, 6.45) is 7.47. The number of rotatable bonds is 5. The summed E-state index contributed by atoms with van der Waals surface area (Å²) in [7, 11) is 0. The molecule has 1 aliphatic carbocycles. The molecule has 3 rings (SSSR count). The van der Waals surface area contributed by atoms with Gasteiger partial charge >= 0.3 is 5.97 Å². The molecule has 232 valence electrons. The lowest BCUT2D eigenvalue weighted by Crippen LogP contribution is -2.45. The molecule has 1 aromatic carbocycles. The zero-order valence-electron chi connectivity index (χ0n) is 15.3. The number of phenolic OH excluding ortho intramolecular Hbond substituents is 1. The molecule has 2 N–H and O–H groups in total. The summed E-state index contributed by atoms with van der Waals surface area (Å²) in [5, 5.41) is 20.0. The molecule has 0 aromatic heterocycles. The molecule has 0 bridgehead atoms. The standard InChI is InChI=1S/C21H28O4.12CH4/c1-4-5-6-7-13-10-17(22)19-15-12-14(20(23)24)8-9-16(15)21(2,3)25-18(19)11-13;;;;;;;;;;;;/h10-12,15-16,22H,4-9H2,1-3H3,(H,23,24);12*1H4/t15-,16-;;;;;;;;;;;;/m1............/s1. The van der Waals surface area contributed by atoms with Gasteiger partial charge in [0.2, 0.25) is 0 Å². The molecule has 37 heavy (non-hydrogen) atoms. The fourth-order valence-corrected chi connectivity index (χ4v) is 4.32. The van der Waals surface area contributed by atoms with Gasteiger partial charge in [0.05, 0.1) is 0 Å². The SMILES string of the molecule is C.C.C.C.C.C.C.C.C.C.C.C.CCCCCc1cc(O)c2c(c1)OC(C)(C)[C@@H]1CCC(C(=O)O)=C[C@@H]21. The minimum atomic E-state index is -0.861. The van der Waals surface area contributed by atoms with Gasteiger partial charge in [0.1, 0.15) is 17.1 Å². The molecule has 0 radical (unpaired) electrons. The summed E-state index contributed by atoms with van der Waals surface area (Å²) in [6, 6.07) is 3.86. The van der Waals surface area contributed by atoms with Gasteiger partial charge in [-0.15, -0.1) is 0 Å². The molecule has 1 heterocycles. The molecule has 4 nitrogen and oxygen atoms in total. The number of benzene rings is 1. The van der Waals surface area contributed by atoms with Crippen LogP contribution >= 0.6 is 0 Å². The Kier molecular flexibility index (Phi) is 44.9. The molecule has 4 heteroatoms. The van der Waals surface area contributed by atoms with Gasteiger partial charge in [0.25, 0.3) is 0 Å². The van der Waals surface area contributed by atoms with Crippen LogP contribution in [0.25, 0.3) is 0 Å². The first-order valence-corrected chi connectivity index (χ1v) is 9.32. The summed E-state index contributed by atoms with van der Waals surface area (Å²) in [5.41, 5.74) is 1.89. The maximum atomic E-state index is 11.4. The maximum absolute atomic E-state index is 11.4. The highest BCUT2D eigenvalue weighted by molar-refractivity contribution is 5.87. The molecule has 0 saturated carbocycles. The number of unbranched alkanes of at least 4 members (excludes halogenated alkanes) is 2.